The Morgan fingerprint density at radius 2 is 2.38 bits per heavy atom. The number of hydrogen-bond acceptors (Lipinski definition) is 1. The monoisotopic (exact) mass is 214 g/mol. The van der Waals surface area contributed by atoms with Crippen molar-refractivity contribution >= 4 is 22.9 Å². The molecule has 0 amide bonds. The van der Waals surface area contributed by atoms with Crippen LogP contribution >= 0.6 is 22.9 Å². The van der Waals surface area contributed by atoms with Gasteiger partial charge in [0.05, 0.1) is 0 Å². The van der Waals surface area contributed by atoms with Gasteiger partial charge in [-0.2, -0.15) is 0 Å². The van der Waals surface area contributed by atoms with Crippen LogP contribution in [0.25, 0.3) is 0 Å². The summed E-state index contributed by atoms with van der Waals surface area (Å²) in [5, 5.41) is 2.61. The van der Waals surface area contributed by atoms with Crippen molar-refractivity contribution in [1.82, 2.24) is 0 Å². The Labute approximate surface area is 88.9 Å². The first-order valence-electron chi connectivity index (χ1n) is 5.01. The SMILES string of the molecule is ClC1CCCC(Cc2cccs2)C1. The topological polar surface area (TPSA) is 0 Å². The van der Waals surface area contributed by atoms with Crippen molar-refractivity contribution in [3.8, 4) is 0 Å². The molecule has 0 bridgehead atoms. The third-order valence-corrected chi connectivity index (χ3v) is 4.08. The summed E-state index contributed by atoms with van der Waals surface area (Å²) in [6.07, 6.45) is 6.40. The predicted octanol–water partition coefficient (Wildman–Crippen LogP) is 4.09. The molecule has 0 nitrogen and oxygen atoms in total. The summed E-state index contributed by atoms with van der Waals surface area (Å²) in [5.74, 6) is 0.842. The fourth-order valence-electron chi connectivity index (χ4n) is 2.12. The minimum Gasteiger partial charge on any atom is -0.149 e. The standard InChI is InChI=1S/C11H15ClS/c12-10-4-1-3-9(7-10)8-11-5-2-6-13-11/h2,5-6,9-10H,1,3-4,7-8H2. The second-order valence-corrected chi connectivity index (χ2v) is 5.56. The Kier molecular flexibility index (Phi) is 3.28. The quantitative estimate of drug-likeness (QED) is 0.651. The molecule has 0 aliphatic heterocycles. The highest BCUT2D eigenvalue weighted by Gasteiger charge is 2.20. The molecule has 2 heteroatoms. The lowest BCUT2D eigenvalue weighted by Crippen LogP contribution is -2.16. The highest BCUT2D eigenvalue weighted by atomic mass is 35.5. The Bertz CT molecular complexity index is 243. The summed E-state index contributed by atoms with van der Waals surface area (Å²) in [4.78, 5) is 1.52. The largest absolute Gasteiger partial charge is 0.149 e. The van der Waals surface area contributed by atoms with Gasteiger partial charge in [-0.1, -0.05) is 12.5 Å². The average molecular weight is 215 g/mol. The minimum absolute atomic E-state index is 0.443. The molecule has 1 aromatic rings. The van der Waals surface area contributed by atoms with Gasteiger partial charge in [0, 0.05) is 10.3 Å². The van der Waals surface area contributed by atoms with E-state index in [1.54, 1.807) is 0 Å². The van der Waals surface area contributed by atoms with Crippen molar-refractivity contribution in [3.63, 3.8) is 0 Å². The van der Waals surface area contributed by atoms with Crippen LogP contribution < -0.4 is 0 Å². The normalized spacial score (nSPS) is 29.0. The number of thiophene rings is 1. The van der Waals surface area contributed by atoms with Crippen molar-refractivity contribution in [3.05, 3.63) is 22.4 Å². The smallest absolute Gasteiger partial charge is 0.0338 e. The van der Waals surface area contributed by atoms with Crippen LogP contribution in [0.1, 0.15) is 30.6 Å². The number of alkyl halides is 1. The van der Waals surface area contributed by atoms with E-state index in [1.165, 1.54) is 37.0 Å². The van der Waals surface area contributed by atoms with Crippen LogP contribution in [-0.2, 0) is 6.42 Å². The zero-order valence-corrected chi connectivity index (χ0v) is 9.28. The molecule has 0 aromatic carbocycles. The second-order valence-electron chi connectivity index (χ2n) is 3.91. The van der Waals surface area contributed by atoms with Crippen LogP contribution in [0.2, 0.25) is 0 Å². The van der Waals surface area contributed by atoms with E-state index in [2.05, 4.69) is 17.5 Å². The lowest BCUT2D eigenvalue weighted by molar-refractivity contribution is 0.363. The molecular formula is C11H15ClS. The molecule has 13 heavy (non-hydrogen) atoms. The molecule has 1 aromatic heterocycles. The Morgan fingerprint density at radius 1 is 1.46 bits per heavy atom. The lowest BCUT2D eigenvalue weighted by atomic mass is 9.86. The van der Waals surface area contributed by atoms with Gasteiger partial charge in [-0.25, -0.2) is 0 Å². The molecule has 0 saturated heterocycles. The van der Waals surface area contributed by atoms with Gasteiger partial charge in [0.1, 0.15) is 0 Å². The van der Waals surface area contributed by atoms with Gasteiger partial charge in [0.25, 0.3) is 0 Å². The van der Waals surface area contributed by atoms with E-state index in [0.717, 1.165) is 5.92 Å². The molecule has 2 unspecified atom stereocenters. The van der Waals surface area contributed by atoms with Gasteiger partial charge in [0.2, 0.25) is 0 Å². The summed E-state index contributed by atoms with van der Waals surface area (Å²) in [6, 6.07) is 4.38. The van der Waals surface area contributed by atoms with Crippen molar-refractivity contribution in [2.24, 2.45) is 5.92 Å². The van der Waals surface area contributed by atoms with E-state index in [9.17, 15) is 0 Å². The lowest BCUT2D eigenvalue weighted by Gasteiger charge is -2.24. The van der Waals surface area contributed by atoms with Crippen molar-refractivity contribution in [2.45, 2.75) is 37.5 Å². The molecule has 1 saturated carbocycles. The molecule has 0 N–H and O–H groups in total. The highest BCUT2D eigenvalue weighted by Crippen LogP contribution is 2.31. The molecule has 1 fully saturated rings. The molecule has 1 aliphatic carbocycles. The molecule has 0 radical (unpaired) electrons. The fraction of sp³-hybridized carbons (Fsp3) is 0.636. The zero-order valence-electron chi connectivity index (χ0n) is 7.71. The summed E-state index contributed by atoms with van der Waals surface area (Å²) in [7, 11) is 0. The van der Waals surface area contributed by atoms with Crippen molar-refractivity contribution in [1.29, 1.82) is 0 Å². The van der Waals surface area contributed by atoms with Gasteiger partial charge >= 0.3 is 0 Å². The molecule has 2 rings (SSSR count). The molecule has 1 aliphatic rings. The van der Waals surface area contributed by atoms with E-state index in [0.29, 0.717) is 5.38 Å². The van der Waals surface area contributed by atoms with Crippen molar-refractivity contribution < 1.29 is 0 Å². The highest BCUT2D eigenvalue weighted by molar-refractivity contribution is 7.09. The maximum absolute atomic E-state index is 6.15. The first-order chi connectivity index (χ1) is 6.34. The summed E-state index contributed by atoms with van der Waals surface area (Å²) >= 11 is 8.03. The Balaban J connectivity index is 1.87. The zero-order chi connectivity index (χ0) is 9.10. The van der Waals surface area contributed by atoms with Crippen LogP contribution in [0, 0.1) is 5.92 Å². The van der Waals surface area contributed by atoms with Gasteiger partial charge in [-0.05, 0) is 43.0 Å². The van der Waals surface area contributed by atoms with Crippen LogP contribution in [-0.4, -0.2) is 5.38 Å². The molecule has 72 valence electrons. The van der Waals surface area contributed by atoms with Crippen LogP contribution in [0.4, 0.5) is 0 Å². The summed E-state index contributed by atoms with van der Waals surface area (Å²) in [5.41, 5.74) is 0. The van der Waals surface area contributed by atoms with E-state index in [-0.39, 0.29) is 0 Å². The molecule has 2 atom stereocenters. The predicted molar refractivity (Wildman–Crippen MR) is 59.6 cm³/mol. The van der Waals surface area contributed by atoms with E-state index >= 15 is 0 Å². The molecular weight excluding hydrogens is 200 g/mol. The first kappa shape index (κ1) is 9.54. The summed E-state index contributed by atoms with van der Waals surface area (Å²) in [6.45, 7) is 0. The van der Waals surface area contributed by atoms with Crippen LogP contribution in [0.15, 0.2) is 17.5 Å². The maximum Gasteiger partial charge on any atom is 0.0338 e. The Hall–Kier alpha value is -0.0100. The molecule has 1 heterocycles. The Morgan fingerprint density at radius 3 is 3.08 bits per heavy atom. The third-order valence-electron chi connectivity index (χ3n) is 2.79. The first-order valence-corrected chi connectivity index (χ1v) is 6.32. The van der Waals surface area contributed by atoms with Crippen molar-refractivity contribution in [2.75, 3.05) is 0 Å². The summed E-state index contributed by atoms with van der Waals surface area (Å²) < 4.78 is 0. The number of rotatable bonds is 2. The molecule has 0 spiro atoms. The fourth-order valence-corrected chi connectivity index (χ4v) is 3.35. The van der Waals surface area contributed by atoms with Crippen LogP contribution in [0.3, 0.4) is 0 Å². The minimum atomic E-state index is 0.443. The van der Waals surface area contributed by atoms with Gasteiger partial charge < -0.3 is 0 Å². The van der Waals surface area contributed by atoms with E-state index < -0.39 is 0 Å². The van der Waals surface area contributed by atoms with E-state index in [4.69, 9.17) is 11.6 Å². The third kappa shape index (κ3) is 2.72. The second kappa shape index (κ2) is 4.47. The number of hydrogen-bond donors (Lipinski definition) is 0. The number of halogens is 1. The van der Waals surface area contributed by atoms with Gasteiger partial charge in [-0.3, -0.25) is 0 Å². The maximum atomic E-state index is 6.15. The van der Waals surface area contributed by atoms with E-state index in [1.807, 2.05) is 11.3 Å². The van der Waals surface area contributed by atoms with Crippen LogP contribution in [0.5, 0.6) is 0 Å². The van der Waals surface area contributed by atoms with Gasteiger partial charge in [-0.15, -0.1) is 22.9 Å². The van der Waals surface area contributed by atoms with Gasteiger partial charge in [0.15, 0.2) is 0 Å². The average Bonchev–Trinajstić information content (AvgIpc) is 2.57.